The fourth-order valence-corrected chi connectivity index (χ4v) is 2.46. The summed E-state index contributed by atoms with van der Waals surface area (Å²) in [5, 5.41) is 3.95. The molecule has 4 heteroatoms. The fraction of sp³-hybridized carbons (Fsp3) is 0.643. The Bertz CT molecular complexity index is 378. The molecule has 1 heterocycles. The maximum absolute atomic E-state index is 6.21. The minimum Gasteiger partial charge on any atom is -0.473 e. The average Bonchev–Trinajstić information content (AvgIpc) is 2.86. The monoisotopic (exact) mass is 268 g/mol. The molecule has 3 nitrogen and oxygen atoms in total. The van der Waals surface area contributed by atoms with E-state index in [1.165, 1.54) is 12.8 Å². The van der Waals surface area contributed by atoms with Crippen molar-refractivity contribution >= 4 is 11.6 Å². The van der Waals surface area contributed by atoms with Gasteiger partial charge in [-0.3, -0.25) is 0 Å². The molecule has 1 aromatic rings. The van der Waals surface area contributed by atoms with Crippen LogP contribution in [0.2, 0.25) is 5.02 Å². The summed E-state index contributed by atoms with van der Waals surface area (Å²) in [6, 6.07) is 1.95. The second-order valence-electron chi connectivity index (χ2n) is 4.83. The third-order valence-electron chi connectivity index (χ3n) is 3.20. The van der Waals surface area contributed by atoms with Crippen LogP contribution in [0.15, 0.2) is 12.3 Å². The second kappa shape index (κ2) is 6.95. The average molecular weight is 269 g/mol. The van der Waals surface area contributed by atoms with E-state index in [1.54, 1.807) is 0 Å². The zero-order valence-corrected chi connectivity index (χ0v) is 11.7. The Morgan fingerprint density at radius 2 is 2.22 bits per heavy atom. The molecule has 1 saturated carbocycles. The molecule has 1 fully saturated rings. The van der Waals surface area contributed by atoms with E-state index in [0.29, 0.717) is 17.0 Å². The van der Waals surface area contributed by atoms with Crippen molar-refractivity contribution in [2.45, 2.75) is 51.7 Å². The Balaban J connectivity index is 1.91. The number of nitrogens with one attached hydrogen (secondary N) is 1. The van der Waals surface area contributed by atoms with Gasteiger partial charge in [0, 0.05) is 12.7 Å². The van der Waals surface area contributed by atoms with Crippen LogP contribution in [0.25, 0.3) is 0 Å². The second-order valence-corrected chi connectivity index (χ2v) is 5.24. The highest BCUT2D eigenvalue weighted by Gasteiger charge is 2.18. The lowest BCUT2D eigenvalue weighted by atomic mass is 10.2. The number of rotatable bonds is 6. The molecule has 0 aliphatic heterocycles. The van der Waals surface area contributed by atoms with E-state index in [9.17, 15) is 0 Å². The van der Waals surface area contributed by atoms with Crippen LogP contribution >= 0.6 is 11.6 Å². The molecule has 100 valence electrons. The molecule has 0 saturated heterocycles. The highest BCUT2D eigenvalue weighted by Crippen LogP contribution is 2.28. The maximum Gasteiger partial charge on any atom is 0.232 e. The topological polar surface area (TPSA) is 34.2 Å². The first kappa shape index (κ1) is 13.6. The predicted molar refractivity (Wildman–Crippen MR) is 74.1 cm³/mol. The number of pyridine rings is 1. The summed E-state index contributed by atoms with van der Waals surface area (Å²) in [5.74, 6) is 0.586. The predicted octanol–water partition coefficient (Wildman–Crippen LogP) is 3.56. The van der Waals surface area contributed by atoms with Gasteiger partial charge in [-0.2, -0.15) is 0 Å². The van der Waals surface area contributed by atoms with E-state index in [-0.39, 0.29) is 0 Å². The van der Waals surface area contributed by atoms with Crippen LogP contribution in [0.3, 0.4) is 0 Å². The Morgan fingerprint density at radius 1 is 1.44 bits per heavy atom. The minimum atomic E-state index is 0.305. The maximum atomic E-state index is 6.21. The smallest absolute Gasteiger partial charge is 0.232 e. The molecule has 0 atom stereocenters. The van der Waals surface area contributed by atoms with Gasteiger partial charge >= 0.3 is 0 Å². The zero-order chi connectivity index (χ0) is 12.8. The van der Waals surface area contributed by atoms with E-state index < -0.39 is 0 Å². The van der Waals surface area contributed by atoms with Crippen molar-refractivity contribution in [3.63, 3.8) is 0 Å². The van der Waals surface area contributed by atoms with Crippen molar-refractivity contribution in [3.05, 3.63) is 22.8 Å². The number of hydrogen-bond acceptors (Lipinski definition) is 3. The number of hydrogen-bond donors (Lipinski definition) is 1. The van der Waals surface area contributed by atoms with Gasteiger partial charge in [-0.15, -0.1) is 0 Å². The van der Waals surface area contributed by atoms with Crippen LogP contribution in [-0.4, -0.2) is 17.6 Å². The fourth-order valence-electron chi connectivity index (χ4n) is 2.22. The van der Waals surface area contributed by atoms with Crippen molar-refractivity contribution in [3.8, 4) is 5.88 Å². The molecular formula is C14H21ClN2O. The largest absolute Gasteiger partial charge is 0.473 e. The summed E-state index contributed by atoms with van der Waals surface area (Å²) in [6.45, 7) is 3.97. The van der Waals surface area contributed by atoms with Gasteiger partial charge < -0.3 is 10.1 Å². The Kier molecular flexibility index (Phi) is 5.26. The van der Waals surface area contributed by atoms with Gasteiger partial charge in [-0.25, -0.2) is 4.98 Å². The van der Waals surface area contributed by atoms with Crippen molar-refractivity contribution in [2.75, 3.05) is 6.54 Å². The molecule has 0 unspecified atom stereocenters. The summed E-state index contributed by atoms with van der Waals surface area (Å²) in [4.78, 5) is 4.33. The standard InChI is InChI=1S/C14H21ClN2O/c1-2-7-16-9-11-8-13(15)14(17-10-11)18-12-5-3-4-6-12/h8,10,12,16H,2-7,9H2,1H3. The summed E-state index contributed by atoms with van der Waals surface area (Å²) >= 11 is 6.21. The summed E-state index contributed by atoms with van der Waals surface area (Å²) in [6.07, 6.45) is 8.03. The van der Waals surface area contributed by atoms with Gasteiger partial charge in [0.2, 0.25) is 5.88 Å². The molecule has 0 radical (unpaired) electrons. The molecule has 1 aliphatic rings. The molecule has 1 aliphatic carbocycles. The molecule has 0 amide bonds. The third-order valence-corrected chi connectivity index (χ3v) is 3.47. The van der Waals surface area contributed by atoms with Crippen LogP contribution in [-0.2, 0) is 6.54 Å². The number of nitrogens with zero attached hydrogens (tertiary/aromatic N) is 1. The van der Waals surface area contributed by atoms with Gasteiger partial charge in [0.1, 0.15) is 11.1 Å². The van der Waals surface area contributed by atoms with Gasteiger partial charge in [-0.05, 0) is 50.3 Å². The lowest BCUT2D eigenvalue weighted by molar-refractivity contribution is 0.201. The molecule has 0 spiro atoms. The molecule has 0 aromatic carbocycles. The Hall–Kier alpha value is -0.800. The van der Waals surface area contributed by atoms with Crippen molar-refractivity contribution in [2.24, 2.45) is 0 Å². The first-order valence-electron chi connectivity index (χ1n) is 6.81. The first-order valence-corrected chi connectivity index (χ1v) is 7.19. The van der Waals surface area contributed by atoms with Gasteiger partial charge in [0.05, 0.1) is 0 Å². The number of halogens is 1. The normalized spacial score (nSPS) is 16.1. The van der Waals surface area contributed by atoms with Crippen LogP contribution in [0.4, 0.5) is 0 Å². The molecular weight excluding hydrogens is 248 g/mol. The molecule has 1 aromatic heterocycles. The summed E-state index contributed by atoms with van der Waals surface area (Å²) in [5.41, 5.74) is 1.10. The van der Waals surface area contributed by atoms with Crippen LogP contribution in [0.1, 0.15) is 44.6 Å². The third kappa shape index (κ3) is 3.85. The Labute approximate surface area is 114 Å². The molecule has 2 rings (SSSR count). The van der Waals surface area contributed by atoms with Crippen LogP contribution < -0.4 is 10.1 Å². The lowest BCUT2D eigenvalue weighted by Crippen LogP contribution is -2.15. The Morgan fingerprint density at radius 3 is 2.89 bits per heavy atom. The van der Waals surface area contributed by atoms with E-state index in [0.717, 1.165) is 37.9 Å². The highest BCUT2D eigenvalue weighted by molar-refractivity contribution is 6.31. The van der Waals surface area contributed by atoms with E-state index in [2.05, 4.69) is 17.2 Å². The van der Waals surface area contributed by atoms with E-state index in [1.807, 2.05) is 12.3 Å². The summed E-state index contributed by atoms with van der Waals surface area (Å²) in [7, 11) is 0. The van der Waals surface area contributed by atoms with Crippen LogP contribution in [0.5, 0.6) is 5.88 Å². The number of aromatic nitrogens is 1. The van der Waals surface area contributed by atoms with E-state index >= 15 is 0 Å². The van der Waals surface area contributed by atoms with Crippen LogP contribution in [0, 0.1) is 0 Å². The minimum absolute atomic E-state index is 0.305. The van der Waals surface area contributed by atoms with E-state index in [4.69, 9.17) is 16.3 Å². The first-order chi connectivity index (χ1) is 8.79. The SMILES string of the molecule is CCCNCc1cnc(OC2CCCC2)c(Cl)c1. The molecule has 1 N–H and O–H groups in total. The molecule has 0 bridgehead atoms. The van der Waals surface area contributed by atoms with Crippen molar-refractivity contribution < 1.29 is 4.74 Å². The summed E-state index contributed by atoms with van der Waals surface area (Å²) < 4.78 is 5.82. The van der Waals surface area contributed by atoms with Gasteiger partial charge in [0.15, 0.2) is 0 Å². The number of ether oxygens (including phenoxy) is 1. The van der Waals surface area contributed by atoms with Crippen molar-refractivity contribution in [1.29, 1.82) is 0 Å². The highest BCUT2D eigenvalue weighted by atomic mass is 35.5. The molecule has 18 heavy (non-hydrogen) atoms. The van der Waals surface area contributed by atoms with Crippen molar-refractivity contribution in [1.82, 2.24) is 10.3 Å². The van der Waals surface area contributed by atoms with Gasteiger partial charge in [-0.1, -0.05) is 18.5 Å². The van der Waals surface area contributed by atoms with Gasteiger partial charge in [0.25, 0.3) is 0 Å². The quantitative estimate of drug-likeness (QED) is 0.801. The lowest BCUT2D eigenvalue weighted by Gasteiger charge is -2.13. The zero-order valence-electron chi connectivity index (χ0n) is 10.9.